The minimum absolute atomic E-state index is 0.108. The molecule has 70 heavy (non-hydrogen) atoms. The summed E-state index contributed by atoms with van der Waals surface area (Å²) in [6, 6.07) is 0. The van der Waals surface area contributed by atoms with Crippen LogP contribution < -0.4 is 0 Å². The van der Waals surface area contributed by atoms with Gasteiger partial charge in [-0.05, 0) is 128 Å². The van der Waals surface area contributed by atoms with Crippen LogP contribution in [0.4, 0.5) is 0 Å². The van der Waals surface area contributed by atoms with Gasteiger partial charge in [0.2, 0.25) is 0 Å². The van der Waals surface area contributed by atoms with Crippen LogP contribution in [-0.2, 0) is 19.1 Å². The summed E-state index contributed by atoms with van der Waals surface area (Å²) in [6.07, 6.45) is 92.7. The summed E-state index contributed by atoms with van der Waals surface area (Å²) < 4.78 is 10.6. The highest BCUT2D eigenvalue weighted by Crippen LogP contribution is 2.12. The second-order valence-corrected chi connectivity index (χ2v) is 17.2. The molecule has 388 valence electrons. The third-order valence-corrected chi connectivity index (χ3v) is 10.7. The van der Waals surface area contributed by atoms with E-state index in [9.17, 15) is 14.7 Å². The number of esters is 2. The van der Waals surface area contributed by atoms with E-state index in [0.717, 1.165) is 128 Å². The van der Waals surface area contributed by atoms with Gasteiger partial charge in [-0.25, -0.2) is 0 Å². The molecule has 0 aromatic rings. The lowest BCUT2D eigenvalue weighted by atomic mass is 10.1. The lowest BCUT2D eigenvalue weighted by molar-refractivity contribution is -0.161. The van der Waals surface area contributed by atoms with Crippen LogP contribution in [0.1, 0.15) is 194 Å². The summed E-state index contributed by atoms with van der Waals surface area (Å²) in [5, 5.41) is 9.64. The van der Waals surface area contributed by atoms with E-state index < -0.39 is 6.10 Å². The molecule has 0 bridgehead atoms. The van der Waals surface area contributed by atoms with E-state index in [2.05, 4.69) is 196 Å². The summed E-state index contributed by atoms with van der Waals surface area (Å²) in [7, 11) is 0. The van der Waals surface area contributed by atoms with E-state index in [-0.39, 0.29) is 31.6 Å². The molecule has 0 aromatic heterocycles. The summed E-state index contributed by atoms with van der Waals surface area (Å²) in [4.78, 5) is 24.5. The van der Waals surface area contributed by atoms with Crippen molar-refractivity contribution >= 4 is 11.9 Å². The van der Waals surface area contributed by atoms with Crippen molar-refractivity contribution in [2.24, 2.45) is 0 Å². The van der Waals surface area contributed by atoms with Crippen molar-refractivity contribution in [3.05, 3.63) is 182 Å². The van der Waals surface area contributed by atoms with Gasteiger partial charge in [0.25, 0.3) is 0 Å². The molecular formula is C65H98O5. The normalized spacial score (nSPS) is 13.7. The molecule has 0 aliphatic carbocycles. The minimum Gasteiger partial charge on any atom is -0.462 e. The summed E-state index contributed by atoms with van der Waals surface area (Å²) in [5.41, 5.74) is 0. The van der Waals surface area contributed by atoms with E-state index in [4.69, 9.17) is 9.47 Å². The first-order valence-electron chi connectivity index (χ1n) is 27.3. The molecule has 5 heteroatoms. The van der Waals surface area contributed by atoms with E-state index in [0.29, 0.717) is 12.8 Å². The second-order valence-electron chi connectivity index (χ2n) is 17.2. The number of carbonyl (C=O) groups is 2. The Morgan fingerprint density at radius 1 is 0.329 bits per heavy atom. The number of ether oxygens (including phenoxy) is 2. The fraction of sp³-hybridized carbons (Fsp3) is 0.508. The molecule has 1 atom stereocenters. The number of aliphatic hydroxyl groups excluding tert-OH is 1. The highest BCUT2D eigenvalue weighted by atomic mass is 16.6. The molecule has 0 aliphatic rings. The zero-order valence-electron chi connectivity index (χ0n) is 44.2. The number of hydrogen-bond acceptors (Lipinski definition) is 5. The molecule has 0 heterocycles. The van der Waals surface area contributed by atoms with Gasteiger partial charge in [0, 0.05) is 12.8 Å². The Labute approximate surface area is 429 Å². The molecule has 0 amide bonds. The van der Waals surface area contributed by atoms with Gasteiger partial charge >= 0.3 is 11.9 Å². The maximum Gasteiger partial charge on any atom is 0.306 e. The first-order valence-corrected chi connectivity index (χ1v) is 27.3. The molecule has 0 spiro atoms. The van der Waals surface area contributed by atoms with Crippen molar-refractivity contribution in [3.63, 3.8) is 0 Å². The Morgan fingerprint density at radius 2 is 0.586 bits per heavy atom. The highest BCUT2D eigenvalue weighted by molar-refractivity contribution is 5.70. The van der Waals surface area contributed by atoms with E-state index >= 15 is 0 Å². The van der Waals surface area contributed by atoms with Crippen LogP contribution in [-0.4, -0.2) is 36.4 Å². The fourth-order valence-corrected chi connectivity index (χ4v) is 6.68. The molecule has 1 unspecified atom stereocenters. The van der Waals surface area contributed by atoms with Gasteiger partial charge in [-0.3, -0.25) is 9.59 Å². The number of aliphatic hydroxyl groups is 1. The number of carbonyl (C=O) groups excluding carboxylic acids is 2. The third kappa shape index (κ3) is 55.6. The summed E-state index contributed by atoms with van der Waals surface area (Å²) >= 11 is 0. The van der Waals surface area contributed by atoms with Crippen LogP contribution in [0.2, 0.25) is 0 Å². The molecule has 0 rings (SSSR count). The van der Waals surface area contributed by atoms with Crippen LogP contribution in [0.3, 0.4) is 0 Å². The van der Waals surface area contributed by atoms with Crippen LogP contribution in [0, 0.1) is 0 Å². The number of rotatable bonds is 47. The topological polar surface area (TPSA) is 72.8 Å². The lowest BCUT2D eigenvalue weighted by Gasteiger charge is -2.15. The van der Waals surface area contributed by atoms with Gasteiger partial charge in [-0.2, -0.15) is 0 Å². The number of unbranched alkanes of at least 4 members (excludes halogenated alkanes) is 9. The first-order chi connectivity index (χ1) is 34.6. The Kier molecular flexibility index (Phi) is 54.1. The highest BCUT2D eigenvalue weighted by Gasteiger charge is 2.16. The molecule has 1 N–H and O–H groups in total. The van der Waals surface area contributed by atoms with Gasteiger partial charge < -0.3 is 14.6 Å². The van der Waals surface area contributed by atoms with Gasteiger partial charge in [0.05, 0.1) is 6.61 Å². The average molecular weight is 959 g/mol. The van der Waals surface area contributed by atoms with E-state index in [1.165, 1.54) is 32.1 Å². The SMILES string of the molecule is CC/C=C\C/C=C\C/C=C\C/C=C\C/C=C\C/C=C\C/C=C\C/C=C\C/C=C\CCCC(=O)OC(CO)COC(=O)CCCCCCCCCC/C=C\C/C=C\C/C=C\C/C=C\C/C=C\C/C=C\CC. The van der Waals surface area contributed by atoms with Crippen LogP contribution >= 0.6 is 0 Å². The maximum atomic E-state index is 12.3. The Balaban J connectivity index is 3.72. The van der Waals surface area contributed by atoms with Crippen LogP contribution in [0.25, 0.3) is 0 Å². The predicted molar refractivity (Wildman–Crippen MR) is 306 cm³/mol. The fourth-order valence-electron chi connectivity index (χ4n) is 6.68. The first kappa shape index (κ1) is 65.0. The van der Waals surface area contributed by atoms with Crippen LogP contribution in [0.15, 0.2) is 182 Å². The number of hydrogen-bond donors (Lipinski definition) is 1. The largest absolute Gasteiger partial charge is 0.462 e. The smallest absolute Gasteiger partial charge is 0.306 e. The zero-order valence-corrected chi connectivity index (χ0v) is 44.2. The Hall–Kier alpha value is -5.00. The molecular weight excluding hydrogens is 861 g/mol. The molecule has 0 fully saturated rings. The predicted octanol–water partition coefficient (Wildman–Crippen LogP) is 18.7. The van der Waals surface area contributed by atoms with Gasteiger partial charge in [-0.15, -0.1) is 0 Å². The molecule has 0 saturated heterocycles. The zero-order chi connectivity index (χ0) is 50.6. The molecule has 0 saturated carbocycles. The second kappa shape index (κ2) is 58.3. The molecule has 0 radical (unpaired) electrons. The third-order valence-electron chi connectivity index (χ3n) is 10.7. The minimum atomic E-state index is -0.823. The molecule has 0 aliphatic heterocycles. The molecule has 5 nitrogen and oxygen atoms in total. The van der Waals surface area contributed by atoms with Crippen molar-refractivity contribution < 1.29 is 24.2 Å². The van der Waals surface area contributed by atoms with Crippen molar-refractivity contribution in [1.82, 2.24) is 0 Å². The van der Waals surface area contributed by atoms with Crippen molar-refractivity contribution in [2.75, 3.05) is 13.2 Å². The van der Waals surface area contributed by atoms with Gasteiger partial charge in [0.15, 0.2) is 6.10 Å². The summed E-state index contributed by atoms with van der Waals surface area (Å²) in [6.45, 7) is 3.84. The van der Waals surface area contributed by atoms with Crippen LogP contribution in [0.5, 0.6) is 0 Å². The standard InChI is InChI=1S/C65H98O5/c1-3-5-7-9-11-13-15-17-19-21-23-25-27-29-31-32-34-36-38-40-42-44-46-48-50-52-54-56-58-60-65(68)70-63(61-66)62-69-64(67)59-57-55-53-51-49-47-45-43-41-39-37-35-33-30-28-26-24-22-20-18-16-14-12-10-8-6-4-2/h5-8,11-14,17-20,23-26,29-31,33-34,36-37,39-40,42,46,48,52,54,63,66H,3-4,9-10,15-16,21-22,27-28,32,35,38,41,43-45,47,49-51,53,55-62H2,1-2H3/b7-5-,8-6-,13-11-,14-12-,19-17-,20-18-,25-23-,26-24-,31-29-,33-30-,36-34-,39-37-,42-40-,48-46-,54-52-. The quantitative estimate of drug-likeness (QED) is 0.0374. The van der Waals surface area contributed by atoms with Gasteiger partial charge in [0.1, 0.15) is 6.61 Å². The van der Waals surface area contributed by atoms with Crippen molar-refractivity contribution in [2.45, 2.75) is 200 Å². The van der Waals surface area contributed by atoms with Gasteiger partial charge in [-0.1, -0.05) is 235 Å². The Morgan fingerprint density at radius 3 is 0.900 bits per heavy atom. The van der Waals surface area contributed by atoms with E-state index in [1.807, 2.05) is 0 Å². The lowest BCUT2D eigenvalue weighted by Crippen LogP contribution is -2.28. The summed E-state index contributed by atoms with van der Waals surface area (Å²) in [5.74, 6) is -0.687. The number of allylic oxidation sites excluding steroid dienone is 30. The Bertz CT molecular complexity index is 1650. The van der Waals surface area contributed by atoms with Crippen molar-refractivity contribution in [3.8, 4) is 0 Å². The van der Waals surface area contributed by atoms with Crippen molar-refractivity contribution in [1.29, 1.82) is 0 Å². The molecule has 0 aromatic carbocycles. The van der Waals surface area contributed by atoms with E-state index in [1.54, 1.807) is 0 Å². The average Bonchev–Trinajstić information content (AvgIpc) is 3.36. The maximum absolute atomic E-state index is 12.3. The monoisotopic (exact) mass is 959 g/mol.